The maximum Gasteiger partial charge on any atom is 0.391 e. The average Bonchev–Trinajstić information content (AvgIpc) is 2.43. The lowest BCUT2D eigenvalue weighted by Gasteiger charge is -2.24. The van der Waals surface area contributed by atoms with Crippen molar-refractivity contribution in [3.8, 4) is 0 Å². The van der Waals surface area contributed by atoms with E-state index in [1.807, 2.05) is 0 Å². The van der Waals surface area contributed by atoms with Crippen LogP contribution in [0.15, 0.2) is 0 Å². The zero-order valence-electron chi connectivity index (χ0n) is 14.4. The van der Waals surface area contributed by atoms with E-state index in [2.05, 4.69) is 0 Å². The molecule has 0 heterocycles. The van der Waals surface area contributed by atoms with Gasteiger partial charge >= 0.3 is 12.4 Å². The lowest BCUT2D eigenvalue weighted by atomic mass is 9.97. The van der Waals surface area contributed by atoms with Crippen molar-refractivity contribution < 1.29 is 50.8 Å². The Kier molecular flexibility index (Phi) is 10.7. The molecule has 0 spiro atoms. The van der Waals surface area contributed by atoms with Crippen molar-refractivity contribution in [3.05, 3.63) is 0 Å². The van der Waals surface area contributed by atoms with Gasteiger partial charge in [0.2, 0.25) is 0 Å². The lowest BCUT2D eigenvalue weighted by Crippen LogP contribution is -2.39. The molecular formula is C15H24F6O5. The Morgan fingerprint density at radius 1 is 0.808 bits per heavy atom. The molecule has 0 aliphatic rings. The van der Waals surface area contributed by atoms with Gasteiger partial charge in [0.15, 0.2) is 5.78 Å². The SMILES string of the molecule is CCOC(CC(O)C(=O)C(O)CC(CC(F)(F)F)OCC)CC(F)(F)F. The molecule has 0 fully saturated rings. The fourth-order valence-corrected chi connectivity index (χ4v) is 2.36. The molecule has 0 aliphatic carbocycles. The van der Waals surface area contributed by atoms with Crippen LogP contribution in [0.25, 0.3) is 0 Å². The summed E-state index contributed by atoms with van der Waals surface area (Å²) in [5.41, 5.74) is 0. The molecular weight excluding hydrogens is 374 g/mol. The summed E-state index contributed by atoms with van der Waals surface area (Å²) in [4.78, 5) is 11.9. The first-order valence-corrected chi connectivity index (χ1v) is 8.05. The van der Waals surface area contributed by atoms with Crippen molar-refractivity contribution in [2.45, 2.75) is 76.3 Å². The number of halogens is 6. The highest BCUT2D eigenvalue weighted by Gasteiger charge is 2.37. The van der Waals surface area contributed by atoms with Crippen LogP contribution in [-0.4, -0.2) is 66.0 Å². The quantitative estimate of drug-likeness (QED) is 0.495. The first-order valence-electron chi connectivity index (χ1n) is 8.05. The fraction of sp³-hybridized carbons (Fsp3) is 0.933. The standard InChI is InChI=1S/C15H24F6O5/c1-3-25-9(7-14(16,17)18)5-11(22)13(24)12(23)6-10(26-4-2)8-15(19,20)21/h9-12,22-23H,3-8H2,1-2H3. The van der Waals surface area contributed by atoms with E-state index in [4.69, 9.17) is 9.47 Å². The number of ether oxygens (including phenoxy) is 2. The third-order valence-electron chi connectivity index (χ3n) is 3.35. The van der Waals surface area contributed by atoms with Crippen LogP contribution in [0.2, 0.25) is 0 Å². The number of carbonyl (C=O) groups is 1. The highest BCUT2D eigenvalue weighted by molar-refractivity contribution is 5.86. The van der Waals surface area contributed by atoms with E-state index in [1.165, 1.54) is 13.8 Å². The summed E-state index contributed by atoms with van der Waals surface area (Å²) in [7, 11) is 0. The second-order valence-electron chi connectivity index (χ2n) is 5.70. The molecule has 0 saturated heterocycles. The molecule has 2 N–H and O–H groups in total. The van der Waals surface area contributed by atoms with Gasteiger partial charge < -0.3 is 19.7 Å². The van der Waals surface area contributed by atoms with Crippen molar-refractivity contribution in [3.63, 3.8) is 0 Å². The van der Waals surface area contributed by atoms with Gasteiger partial charge in [0.25, 0.3) is 0 Å². The Hall–Kier alpha value is -0.910. The number of aliphatic hydroxyl groups excluding tert-OH is 2. The van der Waals surface area contributed by atoms with Crippen LogP contribution >= 0.6 is 0 Å². The molecule has 0 saturated carbocycles. The third kappa shape index (κ3) is 11.7. The Balaban J connectivity index is 4.80. The van der Waals surface area contributed by atoms with E-state index in [9.17, 15) is 41.4 Å². The number of alkyl halides is 6. The highest BCUT2D eigenvalue weighted by Crippen LogP contribution is 2.27. The van der Waals surface area contributed by atoms with Crippen LogP contribution in [0.4, 0.5) is 26.3 Å². The van der Waals surface area contributed by atoms with Gasteiger partial charge in [-0.3, -0.25) is 4.79 Å². The molecule has 0 radical (unpaired) electrons. The maximum atomic E-state index is 12.4. The number of rotatable bonds is 12. The van der Waals surface area contributed by atoms with Gasteiger partial charge in [-0.15, -0.1) is 0 Å². The Morgan fingerprint density at radius 3 is 1.35 bits per heavy atom. The molecule has 26 heavy (non-hydrogen) atoms. The molecule has 0 aromatic heterocycles. The number of ketones is 1. The molecule has 0 bridgehead atoms. The number of hydrogen-bond donors (Lipinski definition) is 2. The first kappa shape index (κ1) is 25.1. The van der Waals surface area contributed by atoms with Gasteiger partial charge in [-0.1, -0.05) is 0 Å². The van der Waals surface area contributed by atoms with Gasteiger partial charge in [-0.25, -0.2) is 0 Å². The highest BCUT2D eigenvalue weighted by atomic mass is 19.4. The van der Waals surface area contributed by atoms with Gasteiger partial charge in [0, 0.05) is 26.1 Å². The monoisotopic (exact) mass is 398 g/mol. The summed E-state index contributed by atoms with van der Waals surface area (Å²) in [6.07, 6.45) is -20.5. The van der Waals surface area contributed by atoms with E-state index < -0.39 is 68.2 Å². The topological polar surface area (TPSA) is 76.0 Å². The zero-order valence-corrected chi connectivity index (χ0v) is 14.4. The molecule has 0 aromatic carbocycles. The van der Waals surface area contributed by atoms with Crippen LogP contribution in [-0.2, 0) is 14.3 Å². The molecule has 156 valence electrons. The number of aliphatic hydroxyl groups is 2. The van der Waals surface area contributed by atoms with E-state index >= 15 is 0 Å². The van der Waals surface area contributed by atoms with Gasteiger partial charge in [-0.05, 0) is 13.8 Å². The summed E-state index contributed by atoms with van der Waals surface area (Å²) in [6.45, 7) is 2.66. The molecule has 0 amide bonds. The van der Waals surface area contributed by atoms with Gasteiger partial charge in [0.05, 0.1) is 25.0 Å². The van der Waals surface area contributed by atoms with Crippen molar-refractivity contribution in [2.75, 3.05) is 13.2 Å². The van der Waals surface area contributed by atoms with Gasteiger partial charge in [0.1, 0.15) is 12.2 Å². The second kappa shape index (κ2) is 11.1. The normalized spacial score (nSPS) is 17.6. The van der Waals surface area contributed by atoms with Crippen LogP contribution in [0.1, 0.15) is 39.5 Å². The lowest BCUT2D eigenvalue weighted by molar-refractivity contribution is -0.169. The van der Waals surface area contributed by atoms with Crippen molar-refractivity contribution in [1.29, 1.82) is 0 Å². The van der Waals surface area contributed by atoms with Gasteiger partial charge in [-0.2, -0.15) is 26.3 Å². The largest absolute Gasteiger partial charge is 0.391 e. The summed E-state index contributed by atoms with van der Waals surface area (Å²) >= 11 is 0. The molecule has 4 atom stereocenters. The van der Waals surface area contributed by atoms with E-state index in [0.29, 0.717) is 0 Å². The molecule has 0 rings (SSSR count). The van der Waals surface area contributed by atoms with Crippen LogP contribution in [0.3, 0.4) is 0 Å². The minimum atomic E-state index is -4.59. The Labute approximate surface area is 147 Å². The summed E-state index contributed by atoms with van der Waals surface area (Å²) in [5, 5.41) is 19.5. The Bertz CT molecular complexity index is 376. The molecule has 0 aromatic rings. The average molecular weight is 398 g/mol. The molecule has 11 heteroatoms. The summed E-state index contributed by atoms with van der Waals surface area (Å²) in [6, 6.07) is 0. The van der Waals surface area contributed by atoms with E-state index in [1.54, 1.807) is 0 Å². The van der Waals surface area contributed by atoms with E-state index in [-0.39, 0.29) is 13.2 Å². The number of Topliss-reactive ketones (excluding diaryl/α,β-unsaturated/α-hetero) is 1. The molecule has 5 nitrogen and oxygen atoms in total. The van der Waals surface area contributed by atoms with Crippen molar-refractivity contribution in [1.82, 2.24) is 0 Å². The Morgan fingerprint density at radius 2 is 1.12 bits per heavy atom. The minimum absolute atomic E-state index is 0.0950. The fourth-order valence-electron chi connectivity index (χ4n) is 2.36. The minimum Gasteiger partial charge on any atom is -0.385 e. The molecule has 0 aliphatic heterocycles. The van der Waals surface area contributed by atoms with Crippen LogP contribution in [0, 0.1) is 0 Å². The van der Waals surface area contributed by atoms with E-state index in [0.717, 1.165) is 0 Å². The van der Waals surface area contributed by atoms with Crippen molar-refractivity contribution >= 4 is 5.78 Å². The zero-order chi connectivity index (χ0) is 20.5. The maximum absolute atomic E-state index is 12.4. The van der Waals surface area contributed by atoms with Crippen LogP contribution in [0.5, 0.6) is 0 Å². The number of carbonyl (C=O) groups excluding carboxylic acids is 1. The predicted octanol–water partition coefficient (Wildman–Crippen LogP) is 2.77. The molecule has 4 unspecified atom stereocenters. The second-order valence-corrected chi connectivity index (χ2v) is 5.70. The van der Waals surface area contributed by atoms with Crippen LogP contribution < -0.4 is 0 Å². The van der Waals surface area contributed by atoms with Crippen molar-refractivity contribution in [2.24, 2.45) is 0 Å². The smallest absolute Gasteiger partial charge is 0.385 e. The number of hydrogen-bond acceptors (Lipinski definition) is 5. The predicted molar refractivity (Wildman–Crippen MR) is 78.4 cm³/mol. The summed E-state index contributed by atoms with van der Waals surface area (Å²) in [5.74, 6) is -1.27. The summed E-state index contributed by atoms with van der Waals surface area (Å²) < 4.78 is 84.2. The third-order valence-corrected chi connectivity index (χ3v) is 3.35. The first-order chi connectivity index (χ1) is 11.8.